The Balaban J connectivity index is 3.03. The average Bonchev–Trinajstić information content (AvgIpc) is 2.93. The van der Waals surface area contributed by atoms with Crippen LogP contribution in [0.3, 0.4) is 0 Å². The van der Waals surface area contributed by atoms with Gasteiger partial charge in [-0.1, -0.05) is 10.2 Å². The highest BCUT2D eigenvalue weighted by Gasteiger charge is 1.96. The first-order chi connectivity index (χ1) is 18.9. The maximum atomic E-state index is 8.11. The van der Waals surface area contributed by atoms with Crippen LogP contribution in [0.15, 0.2) is 10.2 Å². The van der Waals surface area contributed by atoms with Crippen molar-refractivity contribution in [3.63, 3.8) is 0 Å². The first-order valence-corrected chi connectivity index (χ1v) is 12.7. The van der Waals surface area contributed by atoms with Crippen LogP contribution in [-0.4, -0.2) is 145 Å². The molecule has 0 fully saturated rings. The van der Waals surface area contributed by atoms with Crippen LogP contribution in [0.1, 0.15) is 0 Å². The summed E-state index contributed by atoms with van der Waals surface area (Å²) in [5.74, 6) is 0. The maximum Gasteiger partial charge on any atom is 0.0701 e. The maximum absolute atomic E-state index is 8.11. The van der Waals surface area contributed by atoms with Crippen molar-refractivity contribution in [2.45, 2.75) is 0 Å². The van der Waals surface area contributed by atoms with Crippen molar-refractivity contribution >= 4 is 0 Å². The zero-order valence-electron chi connectivity index (χ0n) is 22.3. The Kier molecular flexibility index (Phi) is 33.6. The summed E-state index contributed by atoms with van der Waals surface area (Å²) in [6.45, 7) is 10.2. The van der Waals surface area contributed by atoms with E-state index in [1.54, 1.807) is 0 Å². The standard InChI is InChI=1S/C22H44N6O10/c23-27-25-1-3-29-5-7-31-9-11-33-13-15-35-17-19-37-21-22-38-20-18-36-16-14-34-12-10-32-8-6-30-4-2-26-28-24/h1-22H2. The molecule has 0 saturated heterocycles. The first-order valence-electron chi connectivity index (χ1n) is 12.7. The summed E-state index contributed by atoms with van der Waals surface area (Å²) >= 11 is 0. The van der Waals surface area contributed by atoms with Crippen molar-refractivity contribution in [1.82, 2.24) is 0 Å². The predicted octanol–water partition coefficient (Wildman–Crippen LogP) is 1.77. The van der Waals surface area contributed by atoms with Crippen molar-refractivity contribution in [2.24, 2.45) is 10.2 Å². The molecular formula is C22H44N6O10. The highest BCUT2D eigenvalue weighted by molar-refractivity contribution is 4.45. The molecule has 222 valence electrons. The van der Waals surface area contributed by atoms with Gasteiger partial charge in [0.2, 0.25) is 0 Å². The van der Waals surface area contributed by atoms with E-state index in [1.807, 2.05) is 0 Å². The molecule has 0 N–H and O–H groups in total. The lowest BCUT2D eigenvalue weighted by Gasteiger charge is -2.09. The fraction of sp³-hybridized carbons (Fsp3) is 1.00. The molecular weight excluding hydrogens is 508 g/mol. The Labute approximate surface area is 224 Å². The molecule has 0 radical (unpaired) electrons. The van der Waals surface area contributed by atoms with Crippen LogP contribution < -0.4 is 0 Å². The second-order valence-electron chi connectivity index (χ2n) is 7.03. The lowest BCUT2D eigenvalue weighted by atomic mass is 10.6. The van der Waals surface area contributed by atoms with E-state index in [9.17, 15) is 0 Å². The zero-order chi connectivity index (χ0) is 27.5. The van der Waals surface area contributed by atoms with E-state index in [0.717, 1.165) is 0 Å². The van der Waals surface area contributed by atoms with Gasteiger partial charge < -0.3 is 47.4 Å². The summed E-state index contributed by atoms with van der Waals surface area (Å²) in [5, 5.41) is 6.73. The highest BCUT2D eigenvalue weighted by Crippen LogP contribution is 1.87. The minimum absolute atomic E-state index is 0.326. The summed E-state index contributed by atoms with van der Waals surface area (Å²) in [5.41, 5.74) is 16.2. The van der Waals surface area contributed by atoms with Crippen LogP contribution in [0.2, 0.25) is 0 Å². The summed E-state index contributed by atoms with van der Waals surface area (Å²) in [6, 6.07) is 0. The predicted molar refractivity (Wildman–Crippen MR) is 136 cm³/mol. The molecule has 0 spiro atoms. The van der Waals surface area contributed by atoms with Crippen LogP contribution >= 0.6 is 0 Å². The number of azide groups is 2. The van der Waals surface area contributed by atoms with E-state index in [2.05, 4.69) is 20.1 Å². The third-order valence-electron chi connectivity index (χ3n) is 4.15. The van der Waals surface area contributed by atoms with Crippen molar-refractivity contribution in [1.29, 1.82) is 0 Å². The second-order valence-corrected chi connectivity index (χ2v) is 7.03. The van der Waals surface area contributed by atoms with Gasteiger partial charge in [0.15, 0.2) is 0 Å². The quantitative estimate of drug-likeness (QED) is 0.0502. The van der Waals surface area contributed by atoms with Gasteiger partial charge in [-0.2, -0.15) is 0 Å². The Morgan fingerprint density at radius 2 is 0.447 bits per heavy atom. The Hall–Kier alpha value is -1.78. The van der Waals surface area contributed by atoms with Crippen LogP contribution in [0, 0.1) is 0 Å². The van der Waals surface area contributed by atoms with Crippen LogP contribution in [0.4, 0.5) is 0 Å². The second kappa shape index (κ2) is 35.2. The SMILES string of the molecule is [N-]=[N+]=NCCOCCOCCOCCOCCOCCOCCOCCOCCOCCOCCN=[N+]=[N-]. The van der Waals surface area contributed by atoms with Gasteiger partial charge in [0, 0.05) is 22.9 Å². The van der Waals surface area contributed by atoms with E-state index >= 15 is 0 Å². The van der Waals surface area contributed by atoms with Crippen molar-refractivity contribution in [3.05, 3.63) is 20.9 Å². The highest BCUT2D eigenvalue weighted by atomic mass is 16.6. The smallest absolute Gasteiger partial charge is 0.0701 e. The molecule has 0 aromatic heterocycles. The van der Waals surface area contributed by atoms with Gasteiger partial charge in [0.1, 0.15) is 0 Å². The van der Waals surface area contributed by atoms with Gasteiger partial charge in [-0.05, 0) is 11.1 Å². The zero-order valence-corrected chi connectivity index (χ0v) is 22.3. The van der Waals surface area contributed by atoms with E-state index in [1.165, 1.54) is 0 Å². The topological polar surface area (TPSA) is 190 Å². The fourth-order valence-electron chi connectivity index (χ4n) is 2.38. The molecule has 38 heavy (non-hydrogen) atoms. The number of ether oxygens (including phenoxy) is 10. The lowest BCUT2D eigenvalue weighted by Crippen LogP contribution is -2.15. The monoisotopic (exact) mass is 552 g/mol. The van der Waals surface area contributed by atoms with E-state index in [4.69, 9.17) is 58.4 Å². The molecule has 16 heteroatoms. The molecule has 0 aliphatic heterocycles. The number of hydrogen-bond acceptors (Lipinski definition) is 12. The molecule has 0 heterocycles. The molecule has 0 aromatic rings. The van der Waals surface area contributed by atoms with E-state index < -0.39 is 0 Å². The fourth-order valence-corrected chi connectivity index (χ4v) is 2.38. The van der Waals surface area contributed by atoms with Crippen molar-refractivity contribution in [2.75, 3.05) is 145 Å². The molecule has 16 nitrogen and oxygen atoms in total. The van der Waals surface area contributed by atoms with E-state index in [0.29, 0.717) is 145 Å². The van der Waals surface area contributed by atoms with Gasteiger partial charge >= 0.3 is 0 Å². The van der Waals surface area contributed by atoms with Crippen molar-refractivity contribution in [3.8, 4) is 0 Å². The minimum Gasteiger partial charge on any atom is -0.379 e. The van der Waals surface area contributed by atoms with Crippen LogP contribution in [0.25, 0.3) is 20.9 Å². The summed E-state index contributed by atoms with van der Waals surface area (Å²) < 4.78 is 53.6. The third-order valence-corrected chi connectivity index (χ3v) is 4.15. The van der Waals surface area contributed by atoms with Gasteiger partial charge in [0.05, 0.1) is 132 Å². The normalized spacial score (nSPS) is 10.8. The minimum atomic E-state index is 0.326. The number of rotatable bonds is 33. The van der Waals surface area contributed by atoms with Gasteiger partial charge in [-0.25, -0.2) is 0 Å². The number of nitrogens with zero attached hydrogens (tertiary/aromatic N) is 6. The molecule has 0 amide bonds. The van der Waals surface area contributed by atoms with Crippen LogP contribution in [0.5, 0.6) is 0 Å². The molecule has 0 saturated carbocycles. The van der Waals surface area contributed by atoms with E-state index in [-0.39, 0.29) is 0 Å². The molecule has 0 rings (SSSR count). The molecule has 0 aliphatic carbocycles. The molecule has 0 aliphatic rings. The lowest BCUT2D eigenvalue weighted by molar-refractivity contribution is -0.0262. The Bertz CT molecular complexity index is 521. The summed E-state index contributed by atoms with van der Waals surface area (Å²) in [7, 11) is 0. The van der Waals surface area contributed by atoms with Crippen molar-refractivity contribution < 1.29 is 47.4 Å². The number of hydrogen-bond donors (Lipinski definition) is 0. The largest absolute Gasteiger partial charge is 0.379 e. The van der Waals surface area contributed by atoms with Gasteiger partial charge in [0.25, 0.3) is 0 Å². The van der Waals surface area contributed by atoms with Gasteiger partial charge in [-0.15, -0.1) is 0 Å². The summed E-state index contributed by atoms with van der Waals surface area (Å²) in [4.78, 5) is 5.27. The Morgan fingerprint density at radius 3 is 0.605 bits per heavy atom. The Morgan fingerprint density at radius 1 is 0.289 bits per heavy atom. The molecule has 0 atom stereocenters. The van der Waals surface area contributed by atoms with Crippen LogP contribution in [-0.2, 0) is 47.4 Å². The summed E-state index contributed by atoms with van der Waals surface area (Å²) in [6.07, 6.45) is 0. The molecule has 0 bridgehead atoms. The average molecular weight is 553 g/mol. The first kappa shape index (κ1) is 36.2. The van der Waals surface area contributed by atoms with Gasteiger partial charge in [-0.3, -0.25) is 0 Å². The third kappa shape index (κ3) is 34.2. The molecule has 0 aromatic carbocycles. The molecule has 0 unspecified atom stereocenters.